The quantitative estimate of drug-likeness (QED) is 0.730. The first-order chi connectivity index (χ1) is 13.7. The molecule has 1 aromatic heterocycles. The van der Waals surface area contributed by atoms with Gasteiger partial charge in [-0.25, -0.2) is 4.98 Å². The highest BCUT2D eigenvalue weighted by Crippen LogP contribution is 2.31. The second-order valence-corrected chi connectivity index (χ2v) is 7.42. The van der Waals surface area contributed by atoms with Crippen molar-refractivity contribution in [1.29, 1.82) is 0 Å². The number of hydrazine groups is 1. The zero-order valence-electron chi connectivity index (χ0n) is 15.9. The Labute approximate surface area is 165 Å². The minimum Gasteiger partial charge on any atom is -0.484 e. The van der Waals surface area contributed by atoms with E-state index in [1.165, 1.54) is 0 Å². The Morgan fingerprint density at radius 2 is 2.11 bits per heavy atom. The second-order valence-electron chi connectivity index (χ2n) is 7.42. The van der Waals surface area contributed by atoms with Crippen LogP contribution in [0.25, 0.3) is 0 Å². The molecule has 3 atom stereocenters. The summed E-state index contributed by atoms with van der Waals surface area (Å²) in [5, 5.41) is 0. The maximum atomic E-state index is 13.0. The normalized spacial score (nSPS) is 24.9. The van der Waals surface area contributed by atoms with Crippen LogP contribution in [-0.4, -0.2) is 47.6 Å². The number of amides is 1. The van der Waals surface area contributed by atoms with E-state index in [1.54, 1.807) is 6.20 Å². The predicted octanol–water partition coefficient (Wildman–Crippen LogP) is 1.68. The summed E-state index contributed by atoms with van der Waals surface area (Å²) in [6.07, 6.45) is 4.88. The van der Waals surface area contributed by atoms with Crippen molar-refractivity contribution in [3.63, 3.8) is 0 Å². The van der Waals surface area contributed by atoms with Crippen LogP contribution in [0.4, 0.5) is 5.82 Å². The van der Waals surface area contributed by atoms with Crippen LogP contribution in [0.5, 0.6) is 5.75 Å². The van der Waals surface area contributed by atoms with Gasteiger partial charge in [0.1, 0.15) is 11.6 Å². The van der Waals surface area contributed by atoms with Gasteiger partial charge in [0.25, 0.3) is 5.91 Å². The summed E-state index contributed by atoms with van der Waals surface area (Å²) in [5.74, 6) is 1.51. The summed E-state index contributed by atoms with van der Waals surface area (Å²) in [6, 6.07) is 13.7. The Balaban J connectivity index is 1.47. The van der Waals surface area contributed by atoms with Crippen molar-refractivity contribution in [1.82, 2.24) is 20.7 Å². The zero-order chi connectivity index (χ0) is 19.3. The molecule has 28 heavy (non-hydrogen) atoms. The number of carbonyl (C=O) groups is 1. The molecule has 148 valence electrons. The zero-order valence-corrected chi connectivity index (χ0v) is 15.9. The van der Waals surface area contributed by atoms with Crippen LogP contribution in [-0.2, 0) is 4.79 Å². The van der Waals surface area contributed by atoms with Crippen LogP contribution in [0.1, 0.15) is 30.7 Å². The summed E-state index contributed by atoms with van der Waals surface area (Å²) < 4.78 is 5.71. The van der Waals surface area contributed by atoms with Crippen molar-refractivity contribution in [3.05, 3.63) is 54.2 Å². The summed E-state index contributed by atoms with van der Waals surface area (Å²) in [7, 11) is 0. The van der Waals surface area contributed by atoms with Crippen molar-refractivity contribution in [3.8, 4) is 5.75 Å². The molecule has 0 saturated carbocycles. The number of anilines is 1. The fourth-order valence-corrected chi connectivity index (χ4v) is 4.29. The molecular formula is C21H27N5O2. The lowest BCUT2D eigenvalue weighted by molar-refractivity contribution is -0.137. The maximum Gasteiger partial charge on any atom is 0.260 e. The van der Waals surface area contributed by atoms with Gasteiger partial charge in [0.05, 0.1) is 0 Å². The number of benzene rings is 1. The van der Waals surface area contributed by atoms with E-state index in [0.717, 1.165) is 43.7 Å². The maximum absolute atomic E-state index is 13.0. The minimum atomic E-state index is 0.0373. The number of nitrogens with zero attached hydrogens (tertiary/aromatic N) is 2. The Bertz CT molecular complexity index is 800. The fraction of sp³-hybridized carbons (Fsp3) is 0.429. The molecule has 0 aliphatic carbocycles. The first-order valence-corrected chi connectivity index (χ1v) is 9.89. The lowest BCUT2D eigenvalue weighted by Crippen LogP contribution is -2.55. The number of hydrogen-bond acceptors (Lipinski definition) is 6. The van der Waals surface area contributed by atoms with E-state index in [2.05, 4.69) is 15.8 Å². The standard InChI is InChI=1S/C21H27N5O2/c22-19-12-15(9-10-23-19)17-13-24-25-21(17)18-8-4-5-11-26(18)20(27)14-28-16-6-2-1-3-7-16/h1-3,6-7,9-10,12,17-18,21,24-25H,4-5,8,11,13-14H2,(H2,22,23). The van der Waals surface area contributed by atoms with E-state index in [0.29, 0.717) is 5.82 Å². The number of piperidine rings is 1. The van der Waals surface area contributed by atoms with Gasteiger partial charge < -0.3 is 15.4 Å². The topological polar surface area (TPSA) is 92.5 Å². The van der Waals surface area contributed by atoms with E-state index in [1.807, 2.05) is 47.4 Å². The Morgan fingerprint density at radius 1 is 1.25 bits per heavy atom. The highest BCUT2D eigenvalue weighted by atomic mass is 16.5. The molecular weight excluding hydrogens is 354 g/mol. The SMILES string of the molecule is Nc1cc(C2CNNC2C2CCCCN2C(=O)COc2ccccc2)ccn1. The summed E-state index contributed by atoms with van der Waals surface area (Å²) in [6.45, 7) is 1.63. The number of ether oxygens (including phenoxy) is 1. The molecule has 1 amide bonds. The Morgan fingerprint density at radius 3 is 2.93 bits per heavy atom. The number of likely N-dealkylation sites (tertiary alicyclic amines) is 1. The summed E-state index contributed by atoms with van der Waals surface area (Å²) in [4.78, 5) is 19.1. The first kappa shape index (κ1) is 18.7. The van der Waals surface area contributed by atoms with Gasteiger partial charge in [-0.15, -0.1) is 0 Å². The van der Waals surface area contributed by atoms with Gasteiger partial charge in [-0.2, -0.15) is 0 Å². The number of para-hydroxylation sites is 1. The summed E-state index contributed by atoms with van der Waals surface area (Å²) in [5.41, 5.74) is 13.7. The fourth-order valence-electron chi connectivity index (χ4n) is 4.29. The molecule has 0 radical (unpaired) electrons. The van der Waals surface area contributed by atoms with Crippen molar-refractivity contribution < 1.29 is 9.53 Å². The lowest BCUT2D eigenvalue weighted by atomic mass is 9.84. The van der Waals surface area contributed by atoms with Crippen LogP contribution in [0.3, 0.4) is 0 Å². The second kappa shape index (κ2) is 8.58. The highest BCUT2D eigenvalue weighted by Gasteiger charge is 2.40. The number of rotatable bonds is 5. The Kier molecular flexibility index (Phi) is 5.73. The average molecular weight is 381 g/mol. The van der Waals surface area contributed by atoms with Crippen molar-refractivity contribution in [2.24, 2.45) is 0 Å². The molecule has 2 aromatic rings. The molecule has 3 unspecified atom stereocenters. The van der Waals surface area contributed by atoms with Gasteiger partial charge in [-0.1, -0.05) is 18.2 Å². The highest BCUT2D eigenvalue weighted by molar-refractivity contribution is 5.78. The molecule has 7 nitrogen and oxygen atoms in total. The molecule has 2 fully saturated rings. The van der Waals surface area contributed by atoms with Gasteiger partial charge in [0.2, 0.25) is 0 Å². The molecule has 0 bridgehead atoms. The van der Waals surface area contributed by atoms with E-state index < -0.39 is 0 Å². The van der Waals surface area contributed by atoms with Gasteiger partial charge in [-0.05, 0) is 49.1 Å². The number of nitrogens with two attached hydrogens (primary N) is 1. The van der Waals surface area contributed by atoms with E-state index in [9.17, 15) is 4.79 Å². The summed E-state index contributed by atoms with van der Waals surface area (Å²) >= 11 is 0. The van der Waals surface area contributed by atoms with Crippen LogP contribution in [0, 0.1) is 0 Å². The third-order valence-electron chi connectivity index (χ3n) is 5.65. The molecule has 2 saturated heterocycles. The smallest absolute Gasteiger partial charge is 0.260 e. The molecule has 2 aliphatic rings. The number of nitrogens with one attached hydrogen (secondary N) is 2. The minimum absolute atomic E-state index is 0.0373. The van der Waals surface area contributed by atoms with E-state index in [-0.39, 0.29) is 30.5 Å². The number of carbonyl (C=O) groups excluding carboxylic acids is 1. The molecule has 7 heteroatoms. The average Bonchev–Trinajstić information content (AvgIpc) is 3.22. The largest absolute Gasteiger partial charge is 0.484 e. The molecule has 4 rings (SSSR count). The number of pyridine rings is 1. The van der Waals surface area contributed by atoms with Gasteiger partial charge >= 0.3 is 0 Å². The monoisotopic (exact) mass is 381 g/mol. The molecule has 1 aromatic carbocycles. The first-order valence-electron chi connectivity index (χ1n) is 9.89. The molecule has 2 aliphatic heterocycles. The van der Waals surface area contributed by atoms with Gasteiger partial charge in [0.15, 0.2) is 6.61 Å². The molecule has 4 N–H and O–H groups in total. The van der Waals surface area contributed by atoms with Crippen LogP contribution >= 0.6 is 0 Å². The van der Waals surface area contributed by atoms with Crippen molar-refractivity contribution in [2.45, 2.75) is 37.3 Å². The molecule has 0 spiro atoms. The Hall–Kier alpha value is -2.64. The number of hydrogen-bond donors (Lipinski definition) is 3. The van der Waals surface area contributed by atoms with Crippen molar-refractivity contribution >= 4 is 11.7 Å². The van der Waals surface area contributed by atoms with Gasteiger partial charge in [0, 0.05) is 37.3 Å². The predicted molar refractivity (Wildman–Crippen MR) is 108 cm³/mol. The lowest BCUT2D eigenvalue weighted by Gasteiger charge is -2.40. The third-order valence-corrected chi connectivity index (χ3v) is 5.65. The number of aromatic nitrogens is 1. The van der Waals surface area contributed by atoms with E-state index >= 15 is 0 Å². The molecule has 3 heterocycles. The van der Waals surface area contributed by atoms with Crippen LogP contribution < -0.4 is 21.3 Å². The van der Waals surface area contributed by atoms with Gasteiger partial charge in [-0.3, -0.25) is 15.6 Å². The number of nitrogen functional groups attached to an aromatic ring is 1. The van der Waals surface area contributed by atoms with E-state index in [4.69, 9.17) is 10.5 Å². The van der Waals surface area contributed by atoms with Crippen LogP contribution in [0.15, 0.2) is 48.7 Å². The third kappa shape index (κ3) is 4.10. The van der Waals surface area contributed by atoms with Crippen LogP contribution in [0.2, 0.25) is 0 Å². The van der Waals surface area contributed by atoms with Crippen molar-refractivity contribution in [2.75, 3.05) is 25.4 Å².